The van der Waals surface area contributed by atoms with E-state index in [4.69, 9.17) is 9.15 Å². The highest BCUT2D eigenvalue weighted by Crippen LogP contribution is 2.10. The Labute approximate surface area is 158 Å². The number of hydrogen-bond donors (Lipinski definition) is 1. The maximum absolute atomic E-state index is 12.6. The Morgan fingerprint density at radius 3 is 2.37 bits per heavy atom. The van der Waals surface area contributed by atoms with Crippen LogP contribution in [0.5, 0.6) is 0 Å². The highest BCUT2D eigenvalue weighted by molar-refractivity contribution is 5.94. The molecule has 0 unspecified atom stereocenters. The number of amides is 1. The van der Waals surface area contributed by atoms with Gasteiger partial charge in [-0.3, -0.25) is 4.79 Å². The van der Waals surface area contributed by atoms with Crippen molar-refractivity contribution in [3.63, 3.8) is 0 Å². The van der Waals surface area contributed by atoms with E-state index in [0.29, 0.717) is 6.42 Å². The van der Waals surface area contributed by atoms with E-state index in [-0.39, 0.29) is 12.4 Å². The predicted molar refractivity (Wildman–Crippen MR) is 101 cm³/mol. The molecule has 0 aliphatic carbocycles. The molecule has 0 fully saturated rings. The van der Waals surface area contributed by atoms with Crippen molar-refractivity contribution in [3.05, 3.63) is 95.4 Å². The molecule has 1 amide bonds. The van der Waals surface area contributed by atoms with Crippen molar-refractivity contribution in [3.8, 4) is 0 Å². The van der Waals surface area contributed by atoms with Crippen LogP contribution in [0.3, 0.4) is 0 Å². The molecule has 0 aliphatic heterocycles. The molecule has 0 saturated carbocycles. The fraction of sp³-hybridized carbons (Fsp3) is 0.182. The summed E-state index contributed by atoms with van der Waals surface area (Å²) in [6.07, 6.45) is 1.75. The zero-order chi connectivity index (χ0) is 19.1. The van der Waals surface area contributed by atoms with Gasteiger partial charge in [0, 0.05) is 6.42 Å². The van der Waals surface area contributed by atoms with E-state index in [1.54, 1.807) is 12.1 Å². The van der Waals surface area contributed by atoms with Crippen molar-refractivity contribution in [2.75, 3.05) is 0 Å². The lowest BCUT2D eigenvalue weighted by Gasteiger charge is -2.17. The Morgan fingerprint density at radius 2 is 1.70 bits per heavy atom. The molecular weight excluding hydrogens is 342 g/mol. The van der Waals surface area contributed by atoms with Gasteiger partial charge in [-0.2, -0.15) is 0 Å². The van der Waals surface area contributed by atoms with Crippen LogP contribution < -0.4 is 5.32 Å². The molecule has 27 heavy (non-hydrogen) atoms. The summed E-state index contributed by atoms with van der Waals surface area (Å²) >= 11 is 0. The van der Waals surface area contributed by atoms with Gasteiger partial charge in [-0.05, 0) is 30.2 Å². The molecule has 0 bridgehead atoms. The second-order valence-corrected chi connectivity index (χ2v) is 6.29. The van der Waals surface area contributed by atoms with Crippen LogP contribution in [0.15, 0.2) is 77.4 Å². The van der Waals surface area contributed by atoms with E-state index in [9.17, 15) is 9.59 Å². The maximum atomic E-state index is 12.6. The van der Waals surface area contributed by atoms with Crippen LogP contribution >= 0.6 is 0 Å². The van der Waals surface area contributed by atoms with Crippen LogP contribution in [0.25, 0.3) is 0 Å². The van der Waals surface area contributed by atoms with Crippen LogP contribution in [0.4, 0.5) is 0 Å². The summed E-state index contributed by atoms with van der Waals surface area (Å²) in [6.45, 7) is 2.15. The van der Waals surface area contributed by atoms with Crippen molar-refractivity contribution in [2.24, 2.45) is 0 Å². The second-order valence-electron chi connectivity index (χ2n) is 6.29. The average Bonchev–Trinajstić information content (AvgIpc) is 3.22. The van der Waals surface area contributed by atoms with Gasteiger partial charge in [0.1, 0.15) is 12.6 Å². The molecule has 1 N–H and O–H groups in total. The highest BCUT2D eigenvalue weighted by Gasteiger charge is 2.24. The molecule has 0 aliphatic rings. The topological polar surface area (TPSA) is 68.5 Å². The van der Waals surface area contributed by atoms with Gasteiger partial charge in [-0.15, -0.1) is 0 Å². The number of benzene rings is 2. The molecule has 3 rings (SSSR count). The Kier molecular flexibility index (Phi) is 6.05. The van der Waals surface area contributed by atoms with Crippen LogP contribution in [0.1, 0.15) is 27.2 Å². The van der Waals surface area contributed by atoms with Gasteiger partial charge in [0.05, 0.1) is 6.26 Å². The van der Waals surface area contributed by atoms with Crippen LogP contribution in [-0.2, 0) is 22.6 Å². The number of nitrogens with one attached hydrogen (secondary N) is 1. The quantitative estimate of drug-likeness (QED) is 0.650. The number of carbonyl (C=O) groups is 2. The Balaban J connectivity index is 1.68. The van der Waals surface area contributed by atoms with E-state index in [0.717, 1.165) is 16.7 Å². The van der Waals surface area contributed by atoms with Crippen LogP contribution in [0, 0.1) is 6.92 Å². The summed E-state index contributed by atoms with van der Waals surface area (Å²) in [4.78, 5) is 24.9. The Hall–Kier alpha value is -3.34. The van der Waals surface area contributed by atoms with Gasteiger partial charge in [0.25, 0.3) is 5.91 Å². The molecule has 138 valence electrons. The number of esters is 1. The number of rotatable bonds is 7. The minimum absolute atomic E-state index is 0.152. The SMILES string of the molecule is Cc1ccc(COC(=O)[C@H](Cc2ccccc2)NC(=O)c2ccco2)cc1. The number of ether oxygens (including phenoxy) is 1. The predicted octanol–water partition coefficient (Wildman–Crippen LogP) is 3.67. The third-order valence-electron chi connectivity index (χ3n) is 4.12. The molecule has 0 saturated heterocycles. The molecule has 1 aromatic heterocycles. The summed E-state index contributed by atoms with van der Waals surface area (Å²) in [7, 11) is 0. The van der Waals surface area contributed by atoms with Gasteiger partial charge < -0.3 is 14.5 Å². The first-order valence-corrected chi connectivity index (χ1v) is 8.72. The molecule has 3 aromatic rings. The molecule has 0 radical (unpaired) electrons. The number of aryl methyl sites for hydroxylation is 1. The molecular formula is C22H21NO4. The molecule has 2 aromatic carbocycles. The monoisotopic (exact) mass is 363 g/mol. The van der Waals surface area contributed by atoms with Crippen LogP contribution in [-0.4, -0.2) is 17.9 Å². The van der Waals surface area contributed by atoms with Crippen molar-refractivity contribution < 1.29 is 18.7 Å². The highest BCUT2D eigenvalue weighted by atomic mass is 16.5. The first-order chi connectivity index (χ1) is 13.1. The fourth-order valence-corrected chi connectivity index (χ4v) is 2.62. The molecule has 0 spiro atoms. The first-order valence-electron chi connectivity index (χ1n) is 8.72. The summed E-state index contributed by atoms with van der Waals surface area (Å²) in [5.41, 5.74) is 2.96. The van der Waals surface area contributed by atoms with Gasteiger partial charge in [-0.25, -0.2) is 4.79 Å². The smallest absolute Gasteiger partial charge is 0.329 e. The van der Waals surface area contributed by atoms with E-state index >= 15 is 0 Å². The van der Waals surface area contributed by atoms with Gasteiger partial charge in [0.2, 0.25) is 0 Å². The summed E-state index contributed by atoms with van der Waals surface area (Å²) in [6, 6.07) is 19.6. The van der Waals surface area contributed by atoms with Crippen molar-refractivity contribution >= 4 is 11.9 Å². The number of carbonyl (C=O) groups excluding carboxylic acids is 2. The van der Waals surface area contributed by atoms with E-state index < -0.39 is 17.9 Å². The second kappa shape index (κ2) is 8.85. The molecule has 1 atom stereocenters. The lowest BCUT2D eigenvalue weighted by atomic mass is 10.1. The minimum Gasteiger partial charge on any atom is -0.459 e. The zero-order valence-electron chi connectivity index (χ0n) is 15.1. The number of furan rings is 1. The van der Waals surface area contributed by atoms with E-state index in [2.05, 4.69) is 5.32 Å². The standard InChI is InChI=1S/C22H21NO4/c1-16-9-11-18(12-10-16)15-27-22(25)19(14-17-6-3-2-4-7-17)23-21(24)20-8-5-13-26-20/h2-13,19H,14-15H2,1H3,(H,23,24)/t19-/m0/s1. The molecule has 5 nitrogen and oxygen atoms in total. The van der Waals surface area contributed by atoms with Gasteiger partial charge in [-0.1, -0.05) is 60.2 Å². The molecule has 1 heterocycles. The van der Waals surface area contributed by atoms with Crippen molar-refractivity contribution in [1.29, 1.82) is 0 Å². The van der Waals surface area contributed by atoms with E-state index in [1.807, 2.05) is 61.5 Å². The Bertz CT molecular complexity index is 870. The van der Waals surface area contributed by atoms with Gasteiger partial charge >= 0.3 is 5.97 Å². The third kappa shape index (κ3) is 5.31. The first kappa shape index (κ1) is 18.5. The normalized spacial score (nSPS) is 11.6. The third-order valence-corrected chi connectivity index (χ3v) is 4.12. The minimum atomic E-state index is -0.810. The largest absolute Gasteiger partial charge is 0.459 e. The lowest BCUT2D eigenvalue weighted by Crippen LogP contribution is -2.43. The summed E-state index contributed by atoms with van der Waals surface area (Å²) < 4.78 is 10.5. The number of hydrogen-bond acceptors (Lipinski definition) is 4. The zero-order valence-corrected chi connectivity index (χ0v) is 15.1. The average molecular weight is 363 g/mol. The van der Waals surface area contributed by atoms with Crippen molar-refractivity contribution in [1.82, 2.24) is 5.32 Å². The maximum Gasteiger partial charge on any atom is 0.329 e. The van der Waals surface area contributed by atoms with E-state index in [1.165, 1.54) is 6.26 Å². The van der Waals surface area contributed by atoms with Crippen LogP contribution in [0.2, 0.25) is 0 Å². The van der Waals surface area contributed by atoms with Crippen molar-refractivity contribution in [2.45, 2.75) is 26.0 Å². The summed E-state index contributed by atoms with van der Waals surface area (Å²) in [5.74, 6) is -0.785. The lowest BCUT2D eigenvalue weighted by molar-refractivity contribution is -0.147. The summed E-state index contributed by atoms with van der Waals surface area (Å²) in [5, 5.41) is 2.71. The van der Waals surface area contributed by atoms with Gasteiger partial charge in [0.15, 0.2) is 5.76 Å². The fourth-order valence-electron chi connectivity index (χ4n) is 2.62. The molecule has 5 heteroatoms. The Morgan fingerprint density at radius 1 is 0.963 bits per heavy atom.